The van der Waals surface area contributed by atoms with Crippen LogP contribution in [0.3, 0.4) is 0 Å². The van der Waals surface area contributed by atoms with E-state index in [-0.39, 0.29) is 0 Å². The lowest BCUT2D eigenvalue weighted by atomic mass is 10.1. The highest BCUT2D eigenvalue weighted by molar-refractivity contribution is 5.28. The molecule has 3 heteroatoms. The van der Waals surface area contributed by atoms with Crippen LogP contribution in [0.25, 0.3) is 0 Å². The van der Waals surface area contributed by atoms with Crippen molar-refractivity contribution in [1.82, 2.24) is 10.2 Å². The molecular weight excluding hydrogens is 224 g/mol. The average molecular weight is 248 g/mol. The molecule has 3 nitrogen and oxygen atoms in total. The van der Waals surface area contributed by atoms with E-state index in [1.165, 1.54) is 25.1 Å². The van der Waals surface area contributed by atoms with Gasteiger partial charge in [0.15, 0.2) is 0 Å². The van der Waals surface area contributed by atoms with E-state index in [1.54, 1.807) is 0 Å². The van der Waals surface area contributed by atoms with Crippen molar-refractivity contribution in [2.45, 2.75) is 19.9 Å². The summed E-state index contributed by atoms with van der Waals surface area (Å²) in [5.41, 5.74) is 1.35. The first-order valence-electron chi connectivity index (χ1n) is 6.90. The number of nitrogens with zero attached hydrogens (tertiary/aromatic N) is 1. The number of hydrogen-bond donors (Lipinski definition) is 1. The van der Waals surface area contributed by atoms with Gasteiger partial charge in [0.05, 0.1) is 6.61 Å². The van der Waals surface area contributed by atoms with Crippen molar-refractivity contribution in [2.75, 3.05) is 33.3 Å². The molecule has 1 fully saturated rings. The van der Waals surface area contributed by atoms with E-state index in [9.17, 15) is 0 Å². The Labute approximate surface area is 110 Å². The molecule has 1 heterocycles. The standard InChI is InChI=1S/C15H24N2O/c1-3-18-15-6-4-5-13(9-15)11-17-8-7-14(12-17)10-16-2/h4-6,9,14,16H,3,7-8,10-12H2,1-2H3. The minimum atomic E-state index is 0.734. The summed E-state index contributed by atoms with van der Waals surface area (Å²) in [7, 11) is 2.04. The summed E-state index contributed by atoms with van der Waals surface area (Å²) in [5, 5.41) is 3.27. The molecule has 1 aliphatic rings. The van der Waals surface area contributed by atoms with Crippen molar-refractivity contribution in [1.29, 1.82) is 0 Å². The maximum Gasteiger partial charge on any atom is 0.119 e. The molecule has 18 heavy (non-hydrogen) atoms. The number of rotatable bonds is 6. The zero-order valence-electron chi connectivity index (χ0n) is 11.5. The van der Waals surface area contributed by atoms with Crippen molar-refractivity contribution >= 4 is 0 Å². The second-order valence-electron chi connectivity index (χ2n) is 5.03. The normalized spacial score (nSPS) is 20.2. The Morgan fingerprint density at radius 1 is 1.44 bits per heavy atom. The van der Waals surface area contributed by atoms with Crippen LogP contribution in [0.5, 0.6) is 5.75 Å². The van der Waals surface area contributed by atoms with Gasteiger partial charge in [-0.25, -0.2) is 0 Å². The van der Waals surface area contributed by atoms with Gasteiger partial charge >= 0.3 is 0 Å². The molecule has 0 aromatic heterocycles. The van der Waals surface area contributed by atoms with Crippen LogP contribution in [0, 0.1) is 5.92 Å². The molecule has 1 aliphatic heterocycles. The molecule has 0 radical (unpaired) electrons. The Hall–Kier alpha value is -1.06. The van der Waals surface area contributed by atoms with Gasteiger partial charge < -0.3 is 10.1 Å². The fourth-order valence-electron chi connectivity index (χ4n) is 2.67. The lowest BCUT2D eigenvalue weighted by Crippen LogP contribution is -2.24. The van der Waals surface area contributed by atoms with E-state index in [0.717, 1.165) is 31.4 Å². The van der Waals surface area contributed by atoms with Gasteiger partial charge in [-0.3, -0.25) is 4.90 Å². The van der Waals surface area contributed by atoms with E-state index in [4.69, 9.17) is 4.74 Å². The Morgan fingerprint density at radius 2 is 2.33 bits per heavy atom. The second-order valence-corrected chi connectivity index (χ2v) is 5.03. The lowest BCUT2D eigenvalue weighted by molar-refractivity contribution is 0.312. The summed E-state index contributed by atoms with van der Waals surface area (Å²) in [5.74, 6) is 1.80. The molecule has 0 aliphatic carbocycles. The van der Waals surface area contributed by atoms with Crippen LogP contribution in [0.2, 0.25) is 0 Å². The van der Waals surface area contributed by atoms with Gasteiger partial charge in [0.2, 0.25) is 0 Å². The molecular formula is C15H24N2O. The molecule has 2 rings (SSSR count). The van der Waals surface area contributed by atoms with Crippen LogP contribution in [0.1, 0.15) is 18.9 Å². The summed E-state index contributed by atoms with van der Waals surface area (Å²) in [6.07, 6.45) is 1.31. The van der Waals surface area contributed by atoms with Gasteiger partial charge in [0.1, 0.15) is 5.75 Å². The number of likely N-dealkylation sites (tertiary alicyclic amines) is 1. The molecule has 0 spiro atoms. The van der Waals surface area contributed by atoms with Crippen LogP contribution < -0.4 is 10.1 Å². The second kappa shape index (κ2) is 6.76. The van der Waals surface area contributed by atoms with Crippen LogP contribution in [0.15, 0.2) is 24.3 Å². The van der Waals surface area contributed by atoms with E-state index in [0.29, 0.717) is 0 Å². The maximum absolute atomic E-state index is 5.54. The Kier molecular flexibility index (Phi) is 5.02. The van der Waals surface area contributed by atoms with Crippen LogP contribution in [-0.2, 0) is 6.54 Å². The quantitative estimate of drug-likeness (QED) is 0.834. The third kappa shape index (κ3) is 3.72. The number of benzene rings is 1. The predicted octanol–water partition coefficient (Wildman–Crippen LogP) is 2.13. The number of hydrogen-bond acceptors (Lipinski definition) is 3. The van der Waals surface area contributed by atoms with Gasteiger partial charge in [0, 0.05) is 13.1 Å². The molecule has 1 aromatic rings. The fourth-order valence-corrected chi connectivity index (χ4v) is 2.67. The predicted molar refractivity (Wildman–Crippen MR) is 74.9 cm³/mol. The van der Waals surface area contributed by atoms with E-state index >= 15 is 0 Å². The lowest BCUT2D eigenvalue weighted by Gasteiger charge is -2.16. The van der Waals surface area contributed by atoms with Gasteiger partial charge in [-0.2, -0.15) is 0 Å². The van der Waals surface area contributed by atoms with Crippen molar-refractivity contribution < 1.29 is 4.74 Å². The first-order valence-corrected chi connectivity index (χ1v) is 6.90. The molecule has 1 unspecified atom stereocenters. The summed E-state index contributed by atoms with van der Waals surface area (Å²) < 4.78 is 5.54. The zero-order valence-corrected chi connectivity index (χ0v) is 11.5. The summed E-state index contributed by atoms with van der Waals surface area (Å²) in [6, 6.07) is 8.46. The molecule has 1 saturated heterocycles. The summed E-state index contributed by atoms with van der Waals surface area (Å²) in [6.45, 7) is 7.36. The van der Waals surface area contributed by atoms with Crippen LogP contribution in [-0.4, -0.2) is 38.2 Å². The Morgan fingerprint density at radius 3 is 3.11 bits per heavy atom. The number of nitrogens with one attached hydrogen (secondary N) is 1. The molecule has 0 bridgehead atoms. The molecule has 0 amide bonds. The number of ether oxygens (including phenoxy) is 1. The van der Waals surface area contributed by atoms with Gasteiger partial charge in [-0.15, -0.1) is 0 Å². The Bertz CT molecular complexity index is 367. The van der Waals surface area contributed by atoms with Crippen molar-refractivity contribution in [3.05, 3.63) is 29.8 Å². The minimum absolute atomic E-state index is 0.734. The smallest absolute Gasteiger partial charge is 0.119 e. The third-order valence-corrected chi connectivity index (χ3v) is 3.48. The largest absolute Gasteiger partial charge is 0.494 e. The van der Waals surface area contributed by atoms with Gasteiger partial charge in [-0.1, -0.05) is 12.1 Å². The molecule has 100 valence electrons. The van der Waals surface area contributed by atoms with Crippen LogP contribution >= 0.6 is 0 Å². The van der Waals surface area contributed by atoms with Crippen molar-refractivity contribution in [2.24, 2.45) is 5.92 Å². The highest BCUT2D eigenvalue weighted by Crippen LogP contribution is 2.20. The van der Waals surface area contributed by atoms with Crippen molar-refractivity contribution in [3.8, 4) is 5.75 Å². The maximum atomic E-state index is 5.54. The van der Waals surface area contributed by atoms with E-state index in [2.05, 4.69) is 28.4 Å². The van der Waals surface area contributed by atoms with E-state index < -0.39 is 0 Å². The zero-order chi connectivity index (χ0) is 12.8. The molecule has 1 atom stereocenters. The Balaban J connectivity index is 1.88. The minimum Gasteiger partial charge on any atom is -0.494 e. The highest BCUT2D eigenvalue weighted by atomic mass is 16.5. The molecule has 1 N–H and O–H groups in total. The SMILES string of the molecule is CCOc1cccc(CN2CCC(CNC)C2)c1. The van der Waals surface area contributed by atoms with Gasteiger partial charge in [0.25, 0.3) is 0 Å². The third-order valence-electron chi connectivity index (χ3n) is 3.48. The molecule has 0 saturated carbocycles. The average Bonchev–Trinajstić information content (AvgIpc) is 2.78. The summed E-state index contributed by atoms with van der Waals surface area (Å²) in [4.78, 5) is 2.53. The first-order chi connectivity index (χ1) is 8.81. The van der Waals surface area contributed by atoms with Gasteiger partial charge in [-0.05, 0) is 57.1 Å². The van der Waals surface area contributed by atoms with Crippen molar-refractivity contribution in [3.63, 3.8) is 0 Å². The first kappa shape index (κ1) is 13.4. The highest BCUT2D eigenvalue weighted by Gasteiger charge is 2.21. The topological polar surface area (TPSA) is 24.5 Å². The van der Waals surface area contributed by atoms with Crippen LogP contribution in [0.4, 0.5) is 0 Å². The fraction of sp³-hybridized carbons (Fsp3) is 0.600. The molecule has 1 aromatic carbocycles. The summed E-state index contributed by atoms with van der Waals surface area (Å²) >= 11 is 0. The monoisotopic (exact) mass is 248 g/mol. The van der Waals surface area contributed by atoms with E-state index in [1.807, 2.05) is 20.0 Å².